The smallest absolute Gasteiger partial charge is 0.338 e. The lowest BCUT2D eigenvalue weighted by molar-refractivity contribution is -0.120. The van der Waals surface area contributed by atoms with Crippen molar-refractivity contribution >= 4 is 48.6 Å². The van der Waals surface area contributed by atoms with Crippen LogP contribution in [-0.2, 0) is 19.6 Å². The van der Waals surface area contributed by atoms with Gasteiger partial charge in [-0.05, 0) is 38.0 Å². The SMILES string of the molecule is CCOC(=O)c1ccc2nc(NC(=O)[C@H]3CCCCN3S(C)(=O)=O)sc2c1. The number of hydrogen-bond acceptors (Lipinski definition) is 7. The Balaban J connectivity index is 1.79. The van der Waals surface area contributed by atoms with Crippen LogP contribution in [0.15, 0.2) is 18.2 Å². The number of sulfonamides is 1. The van der Waals surface area contributed by atoms with Gasteiger partial charge < -0.3 is 10.1 Å². The molecule has 1 saturated heterocycles. The quantitative estimate of drug-likeness (QED) is 0.757. The van der Waals surface area contributed by atoms with Gasteiger partial charge in [-0.25, -0.2) is 18.2 Å². The second kappa shape index (κ2) is 7.91. The van der Waals surface area contributed by atoms with Crippen LogP contribution >= 0.6 is 11.3 Å². The summed E-state index contributed by atoms with van der Waals surface area (Å²) in [6.07, 6.45) is 3.14. The van der Waals surface area contributed by atoms with E-state index in [1.807, 2.05) is 0 Å². The van der Waals surface area contributed by atoms with E-state index in [1.165, 1.54) is 15.6 Å². The van der Waals surface area contributed by atoms with E-state index >= 15 is 0 Å². The van der Waals surface area contributed by atoms with Gasteiger partial charge in [0, 0.05) is 6.54 Å². The summed E-state index contributed by atoms with van der Waals surface area (Å²) in [6, 6.07) is 4.26. The number of esters is 1. The maximum Gasteiger partial charge on any atom is 0.338 e. The van der Waals surface area contributed by atoms with Crippen molar-refractivity contribution in [2.75, 3.05) is 24.7 Å². The van der Waals surface area contributed by atoms with Crippen LogP contribution in [0.3, 0.4) is 0 Å². The second-order valence-corrected chi connectivity index (χ2v) is 9.26. The minimum atomic E-state index is -3.45. The molecule has 27 heavy (non-hydrogen) atoms. The zero-order valence-corrected chi connectivity index (χ0v) is 16.7. The first-order valence-corrected chi connectivity index (χ1v) is 11.3. The van der Waals surface area contributed by atoms with Crippen molar-refractivity contribution in [2.24, 2.45) is 0 Å². The average Bonchev–Trinajstić information content (AvgIpc) is 3.02. The molecule has 1 aromatic carbocycles. The number of carbonyl (C=O) groups is 2. The Morgan fingerprint density at radius 1 is 1.37 bits per heavy atom. The monoisotopic (exact) mass is 411 g/mol. The third-order valence-corrected chi connectivity index (χ3v) is 6.53. The highest BCUT2D eigenvalue weighted by molar-refractivity contribution is 7.88. The topological polar surface area (TPSA) is 106 Å². The fourth-order valence-electron chi connectivity index (χ4n) is 3.07. The Morgan fingerprint density at radius 3 is 2.85 bits per heavy atom. The first-order chi connectivity index (χ1) is 12.8. The lowest BCUT2D eigenvalue weighted by Gasteiger charge is -2.32. The standard InChI is InChI=1S/C17H21N3O5S2/c1-3-25-16(22)11-7-8-12-14(10-11)26-17(18-12)19-15(21)13-6-4-5-9-20(13)27(2,23)24/h7-8,10,13H,3-6,9H2,1-2H3,(H,18,19,21)/t13-/m1/s1. The van der Waals surface area contributed by atoms with Gasteiger partial charge in [-0.15, -0.1) is 0 Å². The number of rotatable bonds is 5. The molecule has 3 rings (SSSR count). The largest absolute Gasteiger partial charge is 0.462 e. The van der Waals surface area contributed by atoms with Gasteiger partial charge in [-0.3, -0.25) is 4.79 Å². The third kappa shape index (κ3) is 4.45. The molecule has 1 atom stereocenters. The van der Waals surface area contributed by atoms with Gasteiger partial charge in [-0.2, -0.15) is 4.31 Å². The second-order valence-electron chi connectivity index (χ2n) is 6.30. The lowest BCUT2D eigenvalue weighted by atomic mass is 10.0. The van der Waals surface area contributed by atoms with Crippen LogP contribution in [0, 0.1) is 0 Å². The number of carbonyl (C=O) groups excluding carboxylic acids is 2. The fraction of sp³-hybridized carbons (Fsp3) is 0.471. The maximum atomic E-state index is 12.6. The number of anilines is 1. The molecular formula is C17H21N3O5S2. The molecule has 1 N–H and O–H groups in total. The van der Waals surface area contributed by atoms with Crippen LogP contribution in [0.4, 0.5) is 5.13 Å². The van der Waals surface area contributed by atoms with Crippen LogP contribution < -0.4 is 5.32 Å². The highest BCUT2D eigenvalue weighted by atomic mass is 32.2. The van der Waals surface area contributed by atoms with Gasteiger partial charge in [-0.1, -0.05) is 17.8 Å². The molecule has 0 aliphatic carbocycles. The van der Waals surface area contributed by atoms with Crippen LogP contribution in [0.2, 0.25) is 0 Å². The Morgan fingerprint density at radius 2 is 2.15 bits per heavy atom. The van der Waals surface area contributed by atoms with Crippen molar-refractivity contribution < 1.29 is 22.7 Å². The lowest BCUT2D eigenvalue weighted by Crippen LogP contribution is -2.49. The van der Waals surface area contributed by atoms with Gasteiger partial charge in [0.25, 0.3) is 0 Å². The summed E-state index contributed by atoms with van der Waals surface area (Å²) in [5, 5.41) is 3.09. The highest BCUT2D eigenvalue weighted by Crippen LogP contribution is 2.28. The minimum Gasteiger partial charge on any atom is -0.462 e. The van der Waals surface area contributed by atoms with Gasteiger partial charge in [0.1, 0.15) is 6.04 Å². The molecule has 1 aliphatic rings. The van der Waals surface area contributed by atoms with Crippen LogP contribution in [0.1, 0.15) is 36.5 Å². The summed E-state index contributed by atoms with van der Waals surface area (Å²) >= 11 is 1.23. The molecule has 0 radical (unpaired) electrons. The van der Waals surface area contributed by atoms with Gasteiger partial charge in [0.15, 0.2) is 5.13 Å². The number of fused-ring (bicyclic) bond motifs is 1. The summed E-state index contributed by atoms with van der Waals surface area (Å²) in [5.74, 6) is -0.797. The van der Waals surface area contributed by atoms with E-state index in [-0.39, 0.29) is 5.91 Å². The van der Waals surface area contributed by atoms with E-state index in [0.717, 1.165) is 23.8 Å². The Kier molecular flexibility index (Phi) is 5.78. The molecule has 8 nitrogen and oxygen atoms in total. The van der Waals surface area contributed by atoms with Crippen LogP contribution in [0.25, 0.3) is 10.2 Å². The van der Waals surface area contributed by atoms with Crippen molar-refractivity contribution in [2.45, 2.75) is 32.2 Å². The van der Waals surface area contributed by atoms with E-state index in [4.69, 9.17) is 4.74 Å². The van der Waals surface area contributed by atoms with Crippen molar-refractivity contribution in [1.29, 1.82) is 0 Å². The van der Waals surface area contributed by atoms with Crippen molar-refractivity contribution in [3.63, 3.8) is 0 Å². The van der Waals surface area contributed by atoms with Gasteiger partial charge in [0.2, 0.25) is 15.9 Å². The van der Waals surface area contributed by atoms with Crippen molar-refractivity contribution in [3.8, 4) is 0 Å². The minimum absolute atomic E-state index is 0.291. The molecule has 1 aliphatic heterocycles. The highest BCUT2D eigenvalue weighted by Gasteiger charge is 2.34. The van der Waals surface area contributed by atoms with E-state index in [1.54, 1.807) is 25.1 Å². The van der Waals surface area contributed by atoms with E-state index in [2.05, 4.69) is 10.3 Å². The fourth-order valence-corrected chi connectivity index (χ4v) is 5.10. The molecule has 1 fully saturated rings. The van der Waals surface area contributed by atoms with Crippen LogP contribution in [-0.4, -0.2) is 55.0 Å². The van der Waals surface area contributed by atoms with E-state index in [0.29, 0.717) is 35.8 Å². The number of nitrogens with one attached hydrogen (secondary N) is 1. The number of piperidine rings is 1. The molecule has 0 unspecified atom stereocenters. The normalized spacial score (nSPS) is 18.4. The number of aromatic nitrogens is 1. The molecule has 1 amide bonds. The molecule has 10 heteroatoms. The first kappa shape index (κ1) is 19.7. The third-order valence-electron chi connectivity index (χ3n) is 4.31. The number of ether oxygens (including phenoxy) is 1. The zero-order valence-electron chi connectivity index (χ0n) is 15.1. The molecule has 2 heterocycles. The number of thiazole rings is 1. The van der Waals surface area contributed by atoms with E-state index < -0.39 is 22.0 Å². The zero-order chi connectivity index (χ0) is 19.6. The Bertz CT molecular complexity index is 970. The molecule has 0 spiro atoms. The van der Waals surface area contributed by atoms with Gasteiger partial charge in [0.05, 0.1) is 28.6 Å². The summed E-state index contributed by atoms with van der Waals surface area (Å²) in [4.78, 5) is 28.8. The molecule has 2 aromatic rings. The average molecular weight is 412 g/mol. The van der Waals surface area contributed by atoms with Gasteiger partial charge >= 0.3 is 5.97 Å². The van der Waals surface area contributed by atoms with Crippen molar-refractivity contribution in [1.82, 2.24) is 9.29 Å². The maximum absolute atomic E-state index is 12.6. The molecule has 0 saturated carbocycles. The summed E-state index contributed by atoms with van der Waals surface area (Å²) in [6.45, 7) is 2.38. The first-order valence-electron chi connectivity index (χ1n) is 8.65. The molecule has 146 valence electrons. The Hall–Kier alpha value is -2.04. The van der Waals surface area contributed by atoms with Crippen molar-refractivity contribution in [3.05, 3.63) is 23.8 Å². The predicted octanol–water partition coefficient (Wildman–Crippen LogP) is 2.23. The number of nitrogens with zero attached hydrogens (tertiary/aromatic N) is 2. The predicted molar refractivity (Wildman–Crippen MR) is 103 cm³/mol. The molecular weight excluding hydrogens is 390 g/mol. The Labute approximate surface area is 161 Å². The summed E-state index contributed by atoms with van der Waals surface area (Å²) < 4.78 is 30.8. The molecule has 0 bridgehead atoms. The summed E-state index contributed by atoms with van der Waals surface area (Å²) in [7, 11) is -3.45. The number of benzene rings is 1. The summed E-state index contributed by atoms with van der Waals surface area (Å²) in [5.41, 5.74) is 1.06. The van der Waals surface area contributed by atoms with E-state index in [9.17, 15) is 18.0 Å². The number of amides is 1. The number of hydrogen-bond donors (Lipinski definition) is 1. The van der Waals surface area contributed by atoms with Crippen LogP contribution in [0.5, 0.6) is 0 Å². The molecule has 1 aromatic heterocycles.